The summed E-state index contributed by atoms with van der Waals surface area (Å²) < 4.78 is 4.90. The third kappa shape index (κ3) is 3.17. The molecule has 1 aromatic rings. The summed E-state index contributed by atoms with van der Waals surface area (Å²) in [5, 5.41) is 16.1. The number of likely N-dealkylation sites (N-methyl/N-ethyl adjacent to an activating group) is 1. The first-order valence-corrected chi connectivity index (χ1v) is 5.30. The standard InChI is InChI=1S/C11H15N3O4/c1-7(12-2)11(15)13-9-5-4-8(18-3)6-10(9)14(16)17/h4-7,12H,1-3H3,(H,13,15). The highest BCUT2D eigenvalue weighted by molar-refractivity contribution is 5.96. The van der Waals surface area contributed by atoms with E-state index in [1.54, 1.807) is 20.0 Å². The minimum absolute atomic E-state index is 0.146. The fraction of sp³-hybridized carbons (Fsp3) is 0.364. The zero-order valence-corrected chi connectivity index (χ0v) is 10.4. The van der Waals surface area contributed by atoms with E-state index in [0.29, 0.717) is 5.75 Å². The monoisotopic (exact) mass is 253 g/mol. The number of carbonyl (C=O) groups is 1. The van der Waals surface area contributed by atoms with Crippen molar-refractivity contribution in [2.45, 2.75) is 13.0 Å². The van der Waals surface area contributed by atoms with Crippen molar-refractivity contribution in [2.24, 2.45) is 0 Å². The first-order chi connectivity index (χ1) is 8.49. The van der Waals surface area contributed by atoms with Crippen LogP contribution in [0.2, 0.25) is 0 Å². The molecule has 2 N–H and O–H groups in total. The molecular weight excluding hydrogens is 238 g/mol. The van der Waals surface area contributed by atoms with Crippen LogP contribution in [0.5, 0.6) is 5.75 Å². The molecule has 0 aliphatic heterocycles. The second-order valence-corrected chi connectivity index (χ2v) is 3.64. The normalized spacial score (nSPS) is 11.7. The van der Waals surface area contributed by atoms with Gasteiger partial charge in [0.2, 0.25) is 5.91 Å². The molecule has 7 nitrogen and oxygen atoms in total. The lowest BCUT2D eigenvalue weighted by molar-refractivity contribution is -0.384. The number of carbonyl (C=O) groups excluding carboxylic acids is 1. The molecule has 0 aliphatic carbocycles. The van der Waals surface area contributed by atoms with Gasteiger partial charge < -0.3 is 15.4 Å². The molecule has 98 valence electrons. The van der Waals surface area contributed by atoms with Gasteiger partial charge in [0.15, 0.2) is 0 Å². The van der Waals surface area contributed by atoms with Gasteiger partial charge in [-0.25, -0.2) is 0 Å². The Kier molecular flexibility index (Phi) is 4.61. The van der Waals surface area contributed by atoms with Crippen molar-refractivity contribution in [1.29, 1.82) is 0 Å². The second-order valence-electron chi connectivity index (χ2n) is 3.64. The number of nitrogens with zero attached hydrogens (tertiary/aromatic N) is 1. The predicted octanol–water partition coefficient (Wildman–Crippen LogP) is 1.15. The number of hydrogen-bond donors (Lipinski definition) is 2. The van der Waals surface area contributed by atoms with Crippen molar-refractivity contribution in [3.8, 4) is 5.75 Å². The van der Waals surface area contributed by atoms with Crippen LogP contribution in [0.1, 0.15) is 6.92 Å². The van der Waals surface area contributed by atoms with Crippen LogP contribution < -0.4 is 15.4 Å². The quantitative estimate of drug-likeness (QED) is 0.606. The minimum atomic E-state index is -0.567. The number of hydrogen-bond acceptors (Lipinski definition) is 5. The molecule has 7 heteroatoms. The summed E-state index contributed by atoms with van der Waals surface area (Å²) in [6.45, 7) is 1.66. The fourth-order valence-corrected chi connectivity index (χ4v) is 1.27. The average Bonchev–Trinajstić information content (AvgIpc) is 2.37. The number of rotatable bonds is 5. The van der Waals surface area contributed by atoms with Gasteiger partial charge in [-0.05, 0) is 26.1 Å². The van der Waals surface area contributed by atoms with Gasteiger partial charge in [-0.2, -0.15) is 0 Å². The summed E-state index contributed by atoms with van der Waals surface area (Å²) in [5.74, 6) is 0.0205. The van der Waals surface area contributed by atoms with Gasteiger partial charge in [0.05, 0.1) is 24.1 Å². The topological polar surface area (TPSA) is 93.5 Å². The molecule has 0 saturated carbocycles. The van der Waals surface area contributed by atoms with Crippen LogP contribution in [-0.2, 0) is 4.79 Å². The van der Waals surface area contributed by atoms with Crippen LogP contribution in [0.3, 0.4) is 0 Å². The average molecular weight is 253 g/mol. The number of benzene rings is 1. The molecular formula is C11H15N3O4. The van der Waals surface area contributed by atoms with Gasteiger partial charge in [0, 0.05) is 0 Å². The predicted molar refractivity (Wildman–Crippen MR) is 66.8 cm³/mol. The summed E-state index contributed by atoms with van der Waals surface area (Å²) in [4.78, 5) is 22.0. The van der Waals surface area contributed by atoms with Crippen LogP contribution in [0.25, 0.3) is 0 Å². The highest BCUT2D eigenvalue weighted by Gasteiger charge is 2.19. The number of anilines is 1. The first kappa shape index (κ1) is 13.9. The third-order valence-corrected chi connectivity index (χ3v) is 2.49. The van der Waals surface area contributed by atoms with Crippen LogP contribution >= 0.6 is 0 Å². The summed E-state index contributed by atoms with van der Waals surface area (Å²) in [7, 11) is 3.05. The molecule has 18 heavy (non-hydrogen) atoms. The largest absolute Gasteiger partial charge is 0.496 e. The van der Waals surface area contributed by atoms with Gasteiger partial charge >= 0.3 is 0 Å². The van der Waals surface area contributed by atoms with E-state index in [9.17, 15) is 14.9 Å². The van der Waals surface area contributed by atoms with E-state index in [1.807, 2.05) is 0 Å². The van der Waals surface area contributed by atoms with E-state index in [4.69, 9.17) is 4.74 Å². The zero-order chi connectivity index (χ0) is 13.7. The highest BCUT2D eigenvalue weighted by Crippen LogP contribution is 2.28. The molecule has 1 unspecified atom stereocenters. The fourth-order valence-electron chi connectivity index (χ4n) is 1.27. The number of nitro groups is 1. The SMILES string of the molecule is CNC(C)C(=O)Nc1ccc(OC)cc1[N+](=O)[O-]. The molecule has 0 fully saturated rings. The van der Waals surface area contributed by atoms with Crippen LogP contribution in [-0.4, -0.2) is 31.0 Å². The van der Waals surface area contributed by atoms with Crippen LogP contribution in [0.15, 0.2) is 18.2 Å². The van der Waals surface area contributed by atoms with Crippen molar-refractivity contribution in [3.63, 3.8) is 0 Å². The third-order valence-electron chi connectivity index (χ3n) is 2.49. The molecule has 0 aromatic heterocycles. The van der Waals surface area contributed by atoms with E-state index >= 15 is 0 Å². The number of amides is 1. The minimum Gasteiger partial charge on any atom is -0.496 e. The Balaban J connectivity index is 3.01. The molecule has 0 aliphatic rings. The van der Waals surface area contributed by atoms with Gasteiger partial charge in [0.25, 0.3) is 5.69 Å². The van der Waals surface area contributed by atoms with E-state index in [1.165, 1.54) is 19.2 Å². The highest BCUT2D eigenvalue weighted by atomic mass is 16.6. The summed E-state index contributed by atoms with van der Waals surface area (Å²) in [6.07, 6.45) is 0. The molecule has 1 rings (SSSR count). The van der Waals surface area contributed by atoms with Crippen LogP contribution in [0, 0.1) is 10.1 Å². The zero-order valence-electron chi connectivity index (χ0n) is 10.4. The van der Waals surface area contributed by atoms with Crippen molar-refractivity contribution in [1.82, 2.24) is 5.32 Å². The summed E-state index contributed by atoms with van der Waals surface area (Å²) >= 11 is 0. The van der Waals surface area contributed by atoms with E-state index in [-0.39, 0.29) is 17.3 Å². The molecule has 0 bridgehead atoms. The number of methoxy groups -OCH3 is 1. The Morgan fingerprint density at radius 2 is 2.17 bits per heavy atom. The number of ether oxygens (including phenoxy) is 1. The smallest absolute Gasteiger partial charge is 0.296 e. The summed E-state index contributed by atoms with van der Waals surface area (Å²) in [6, 6.07) is 3.82. The molecule has 0 spiro atoms. The second kappa shape index (κ2) is 5.97. The summed E-state index contributed by atoms with van der Waals surface area (Å²) in [5.41, 5.74) is -0.0566. The Morgan fingerprint density at radius 1 is 1.50 bits per heavy atom. The van der Waals surface area contributed by atoms with E-state index in [2.05, 4.69) is 10.6 Å². The van der Waals surface area contributed by atoms with Crippen LogP contribution in [0.4, 0.5) is 11.4 Å². The van der Waals surface area contributed by atoms with Gasteiger partial charge in [-0.15, -0.1) is 0 Å². The lowest BCUT2D eigenvalue weighted by atomic mass is 10.2. The molecule has 1 atom stereocenters. The van der Waals surface area contributed by atoms with E-state index < -0.39 is 11.0 Å². The number of nitro benzene ring substituents is 1. The van der Waals surface area contributed by atoms with Gasteiger partial charge in [0.1, 0.15) is 11.4 Å². The number of nitrogens with one attached hydrogen (secondary N) is 2. The Bertz CT molecular complexity index is 462. The first-order valence-electron chi connectivity index (χ1n) is 5.30. The van der Waals surface area contributed by atoms with Gasteiger partial charge in [-0.3, -0.25) is 14.9 Å². The molecule has 1 amide bonds. The maximum Gasteiger partial charge on any atom is 0.296 e. The van der Waals surface area contributed by atoms with Gasteiger partial charge in [-0.1, -0.05) is 0 Å². The lowest BCUT2D eigenvalue weighted by Gasteiger charge is -2.11. The van der Waals surface area contributed by atoms with Crippen molar-refractivity contribution in [2.75, 3.05) is 19.5 Å². The Hall–Kier alpha value is -2.15. The Morgan fingerprint density at radius 3 is 2.67 bits per heavy atom. The maximum atomic E-state index is 11.6. The van der Waals surface area contributed by atoms with E-state index in [0.717, 1.165) is 0 Å². The Labute approximate surface area is 104 Å². The molecule has 0 radical (unpaired) electrons. The molecule has 1 aromatic carbocycles. The van der Waals surface area contributed by atoms with Crippen molar-refractivity contribution < 1.29 is 14.5 Å². The molecule has 0 saturated heterocycles. The lowest BCUT2D eigenvalue weighted by Crippen LogP contribution is -2.35. The van der Waals surface area contributed by atoms with Crippen molar-refractivity contribution >= 4 is 17.3 Å². The maximum absolute atomic E-state index is 11.6. The molecule has 0 heterocycles. The van der Waals surface area contributed by atoms with Crippen molar-refractivity contribution in [3.05, 3.63) is 28.3 Å².